The van der Waals surface area contributed by atoms with Crippen LogP contribution in [0, 0.1) is 5.92 Å². The Morgan fingerprint density at radius 1 is 1.27 bits per heavy atom. The van der Waals surface area contributed by atoms with Gasteiger partial charge in [0.15, 0.2) is 0 Å². The molecule has 1 aliphatic heterocycles. The second kappa shape index (κ2) is 7.27. The van der Waals surface area contributed by atoms with Crippen LogP contribution in [0.2, 0.25) is 0 Å². The van der Waals surface area contributed by atoms with Gasteiger partial charge < -0.3 is 14.6 Å². The first-order chi connectivity index (χ1) is 12.3. The average Bonchev–Trinajstić information content (AvgIpc) is 3.08. The lowest BCUT2D eigenvalue weighted by Crippen LogP contribution is -2.30. The van der Waals surface area contributed by atoms with Gasteiger partial charge in [0.05, 0.1) is 17.9 Å². The monoisotopic (exact) mass is 356 g/mol. The van der Waals surface area contributed by atoms with E-state index in [1.165, 1.54) is 12.3 Å². The number of nitrogens with one attached hydrogen (secondary N) is 1. The van der Waals surface area contributed by atoms with Crippen molar-refractivity contribution < 1.29 is 9.53 Å². The van der Waals surface area contributed by atoms with E-state index in [-0.39, 0.29) is 22.8 Å². The number of ether oxygens (including phenoxy) is 1. The van der Waals surface area contributed by atoms with Crippen LogP contribution in [-0.2, 0) is 5.41 Å². The van der Waals surface area contributed by atoms with Gasteiger partial charge in [-0.15, -0.1) is 5.10 Å². The summed E-state index contributed by atoms with van der Waals surface area (Å²) in [7, 11) is 0. The summed E-state index contributed by atoms with van der Waals surface area (Å²) >= 11 is 0. The summed E-state index contributed by atoms with van der Waals surface area (Å²) in [6.45, 7) is 8.07. The summed E-state index contributed by atoms with van der Waals surface area (Å²) < 4.78 is 5.75. The maximum Gasteiger partial charge on any atom is 0.255 e. The molecule has 1 unspecified atom stereocenters. The Morgan fingerprint density at radius 3 is 2.69 bits per heavy atom. The van der Waals surface area contributed by atoms with Gasteiger partial charge in [-0.1, -0.05) is 20.8 Å². The van der Waals surface area contributed by atoms with E-state index in [0.29, 0.717) is 31.1 Å². The molecule has 0 aromatic carbocycles. The average molecular weight is 356 g/mol. The van der Waals surface area contributed by atoms with E-state index in [0.717, 1.165) is 12.1 Å². The van der Waals surface area contributed by atoms with E-state index >= 15 is 0 Å². The molecule has 138 valence electrons. The minimum absolute atomic E-state index is 0.0421. The van der Waals surface area contributed by atoms with Crippen LogP contribution in [0.1, 0.15) is 43.2 Å². The molecule has 7 nitrogen and oxygen atoms in total. The summed E-state index contributed by atoms with van der Waals surface area (Å²) in [5.74, 6) is 0.687. The van der Waals surface area contributed by atoms with Gasteiger partial charge in [0.2, 0.25) is 11.4 Å². The number of hydrogen-bond donors (Lipinski definition) is 1. The number of nitrogens with zero attached hydrogens (tertiary/aromatic N) is 3. The van der Waals surface area contributed by atoms with E-state index in [1.54, 1.807) is 11.0 Å². The first-order valence-corrected chi connectivity index (χ1v) is 8.78. The minimum Gasteiger partial charge on any atom is -0.476 e. The molecule has 0 radical (unpaired) electrons. The van der Waals surface area contributed by atoms with Gasteiger partial charge in [-0.05, 0) is 18.6 Å². The molecule has 2 aromatic rings. The lowest BCUT2D eigenvalue weighted by atomic mass is 9.92. The third-order valence-electron chi connectivity index (χ3n) is 4.48. The molecule has 1 atom stereocenters. The third-order valence-corrected chi connectivity index (χ3v) is 4.48. The standard InChI is InChI=1S/C19H24N4O3/c1-19(2,3)15-5-7-17(22-21-15)26-12-13-8-9-23(11-13)18(25)14-4-6-16(24)20-10-14/h4-7,10,13H,8-9,11-12H2,1-3H3,(H,20,24). The Balaban J connectivity index is 1.52. The number of rotatable bonds is 4. The van der Waals surface area contributed by atoms with Crippen molar-refractivity contribution in [3.05, 3.63) is 52.1 Å². The number of carbonyl (C=O) groups excluding carboxylic acids is 1. The summed E-state index contributed by atoms with van der Waals surface area (Å²) in [6, 6.07) is 6.69. The summed E-state index contributed by atoms with van der Waals surface area (Å²) in [6.07, 6.45) is 2.34. The molecule has 1 saturated heterocycles. The molecule has 0 bridgehead atoms. The molecule has 0 aliphatic carbocycles. The van der Waals surface area contributed by atoms with E-state index in [2.05, 4.69) is 36.0 Å². The summed E-state index contributed by atoms with van der Waals surface area (Å²) in [5, 5.41) is 8.35. The Kier molecular flexibility index (Phi) is 5.06. The van der Waals surface area contributed by atoms with Crippen LogP contribution in [-0.4, -0.2) is 45.7 Å². The van der Waals surface area contributed by atoms with Gasteiger partial charge in [0, 0.05) is 42.8 Å². The van der Waals surface area contributed by atoms with Crippen molar-refractivity contribution in [1.82, 2.24) is 20.1 Å². The van der Waals surface area contributed by atoms with E-state index in [1.807, 2.05) is 12.1 Å². The van der Waals surface area contributed by atoms with Gasteiger partial charge in [-0.3, -0.25) is 9.59 Å². The zero-order chi connectivity index (χ0) is 18.7. The normalized spacial score (nSPS) is 17.3. The minimum atomic E-state index is -0.215. The van der Waals surface area contributed by atoms with Crippen molar-refractivity contribution in [2.45, 2.75) is 32.6 Å². The van der Waals surface area contributed by atoms with E-state index in [4.69, 9.17) is 4.74 Å². The molecule has 1 amide bonds. The van der Waals surface area contributed by atoms with E-state index < -0.39 is 0 Å². The lowest BCUT2D eigenvalue weighted by molar-refractivity contribution is 0.0782. The molecule has 2 aromatic heterocycles. The van der Waals surface area contributed by atoms with Gasteiger partial charge in [-0.2, -0.15) is 5.10 Å². The fraction of sp³-hybridized carbons (Fsp3) is 0.474. The molecule has 0 spiro atoms. The Bertz CT molecular complexity index is 803. The second-order valence-corrected chi connectivity index (χ2v) is 7.67. The van der Waals surface area contributed by atoms with Gasteiger partial charge in [0.1, 0.15) is 0 Å². The van der Waals surface area contributed by atoms with Crippen LogP contribution in [0.15, 0.2) is 35.3 Å². The highest BCUT2D eigenvalue weighted by molar-refractivity contribution is 5.94. The van der Waals surface area contributed by atoms with Crippen molar-refractivity contribution in [1.29, 1.82) is 0 Å². The van der Waals surface area contributed by atoms with Crippen LogP contribution in [0.4, 0.5) is 0 Å². The van der Waals surface area contributed by atoms with Crippen LogP contribution < -0.4 is 10.3 Å². The zero-order valence-electron chi connectivity index (χ0n) is 15.4. The number of aromatic nitrogens is 3. The third kappa shape index (κ3) is 4.28. The summed E-state index contributed by atoms with van der Waals surface area (Å²) in [5.41, 5.74) is 1.16. The fourth-order valence-electron chi connectivity index (χ4n) is 2.88. The molecule has 0 saturated carbocycles. The van der Waals surface area contributed by atoms with Crippen molar-refractivity contribution >= 4 is 5.91 Å². The SMILES string of the molecule is CC(C)(C)c1ccc(OCC2CCN(C(=O)c3ccc(=O)[nH]c3)C2)nn1. The topological polar surface area (TPSA) is 88.2 Å². The number of H-pyrrole nitrogens is 1. The predicted octanol–water partition coefficient (Wildman–Crippen LogP) is 2.00. The highest BCUT2D eigenvalue weighted by Gasteiger charge is 2.27. The predicted molar refractivity (Wildman–Crippen MR) is 97.3 cm³/mol. The van der Waals surface area contributed by atoms with E-state index in [9.17, 15) is 9.59 Å². The van der Waals surface area contributed by atoms with Crippen molar-refractivity contribution in [3.8, 4) is 5.88 Å². The lowest BCUT2D eigenvalue weighted by Gasteiger charge is -2.18. The highest BCUT2D eigenvalue weighted by atomic mass is 16.5. The molecule has 3 heterocycles. The first kappa shape index (κ1) is 18.1. The summed E-state index contributed by atoms with van der Waals surface area (Å²) in [4.78, 5) is 27.9. The highest BCUT2D eigenvalue weighted by Crippen LogP contribution is 2.22. The van der Waals surface area contributed by atoms with Gasteiger partial charge in [0.25, 0.3) is 5.91 Å². The van der Waals surface area contributed by atoms with Gasteiger partial charge >= 0.3 is 0 Å². The van der Waals surface area contributed by atoms with Crippen molar-refractivity contribution in [3.63, 3.8) is 0 Å². The van der Waals surface area contributed by atoms with Crippen LogP contribution >= 0.6 is 0 Å². The number of hydrogen-bond acceptors (Lipinski definition) is 5. The molecule has 3 rings (SSSR count). The maximum absolute atomic E-state index is 12.5. The smallest absolute Gasteiger partial charge is 0.255 e. The van der Waals surface area contributed by atoms with Crippen LogP contribution in [0.25, 0.3) is 0 Å². The fourth-order valence-corrected chi connectivity index (χ4v) is 2.88. The molecule has 1 aliphatic rings. The first-order valence-electron chi connectivity index (χ1n) is 8.78. The Labute approximate surface area is 152 Å². The number of likely N-dealkylation sites (tertiary alicyclic amines) is 1. The Hall–Kier alpha value is -2.70. The molecular weight excluding hydrogens is 332 g/mol. The Morgan fingerprint density at radius 2 is 2.08 bits per heavy atom. The van der Waals surface area contributed by atoms with Crippen LogP contribution in [0.5, 0.6) is 5.88 Å². The molecule has 26 heavy (non-hydrogen) atoms. The maximum atomic E-state index is 12.5. The largest absolute Gasteiger partial charge is 0.476 e. The second-order valence-electron chi connectivity index (χ2n) is 7.67. The molecular formula is C19H24N4O3. The number of pyridine rings is 1. The quantitative estimate of drug-likeness (QED) is 0.905. The van der Waals surface area contributed by atoms with Crippen molar-refractivity contribution in [2.75, 3.05) is 19.7 Å². The number of amides is 1. The molecule has 7 heteroatoms. The number of aromatic amines is 1. The van der Waals surface area contributed by atoms with Crippen LogP contribution in [0.3, 0.4) is 0 Å². The van der Waals surface area contributed by atoms with Crippen molar-refractivity contribution in [2.24, 2.45) is 5.92 Å². The number of carbonyl (C=O) groups is 1. The zero-order valence-corrected chi connectivity index (χ0v) is 15.4. The molecule has 1 fully saturated rings. The molecule has 1 N–H and O–H groups in total. The van der Waals surface area contributed by atoms with Gasteiger partial charge in [-0.25, -0.2) is 0 Å².